The molecule has 1 aliphatic heterocycles. The molecular weight excluding hydrogens is 266 g/mol. The van der Waals surface area contributed by atoms with Crippen LogP contribution in [0, 0.1) is 18.3 Å². The van der Waals surface area contributed by atoms with Crippen LogP contribution in [0.3, 0.4) is 0 Å². The smallest absolute Gasteiger partial charge is 0.311 e. The molecular formula is C17H25NO3. The van der Waals surface area contributed by atoms with Crippen LogP contribution in [0.25, 0.3) is 0 Å². The Balaban J connectivity index is 2.14. The number of benzene rings is 1. The minimum absolute atomic E-state index is 0.0970. The van der Waals surface area contributed by atoms with Crippen LogP contribution in [-0.4, -0.2) is 23.7 Å². The van der Waals surface area contributed by atoms with E-state index in [1.165, 1.54) is 11.1 Å². The molecule has 0 spiro atoms. The predicted octanol–water partition coefficient (Wildman–Crippen LogP) is 2.76. The lowest BCUT2D eigenvalue weighted by Crippen LogP contribution is -2.43. The number of nitrogens with two attached hydrogens (primary N) is 1. The number of hydrogen-bond acceptors (Lipinski definition) is 3. The minimum atomic E-state index is -0.893. The summed E-state index contributed by atoms with van der Waals surface area (Å²) in [6.07, 6.45) is 1.71. The second-order valence-electron chi connectivity index (χ2n) is 6.65. The van der Waals surface area contributed by atoms with E-state index in [9.17, 15) is 9.90 Å². The summed E-state index contributed by atoms with van der Waals surface area (Å²) < 4.78 is 5.93. The zero-order valence-corrected chi connectivity index (χ0v) is 13.1. The van der Waals surface area contributed by atoms with E-state index in [1.807, 2.05) is 32.9 Å². The van der Waals surface area contributed by atoms with Crippen molar-refractivity contribution in [1.29, 1.82) is 0 Å². The third-order valence-corrected chi connectivity index (χ3v) is 4.22. The summed E-state index contributed by atoms with van der Waals surface area (Å²) in [6.45, 7) is 6.26. The summed E-state index contributed by atoms with van der Waals surface area (Å²) in [4.78, 5) is 11.8. The van der Waals surface area contributed by atoms with Gasteiger partial charge in [0.2, 0.25) is 0 Å². The monoisotopic (exact) mass is 291 g/mol. The van der Waals surface area contributed by atoms with Crippen LogP contribution >= 0.6 is 0 Å². The van der Waals surface area contributed by atoms with Gasteiger partial charge in [-0.15, -0.1) is 0 Å². The number of carboxylic acids is 1. The Labute approximate surface area is 126 Å². The molecule has 4 nitrogen and oxygen atoms in total. The molecule has 21 heavy (non-hydrogen) atoms. The Morgan fingerprint density at radius 1 is 1.52 bits per heavy atom. The maximum Gasteiger partial charge on any atom is 0.311 e. The van der Waals surface area contributed by atoms with Crippen molar-refractivity contribution in [3.8, 4) is 5.75 Å². The van der Waals surface area contributed by atoms with Gasteiger partial charge in [-0.2, -0.15) is 0 Å². The SMILES string of the molecule is Cc1ccc2c(c1)CC(CC(CN)(CC(C)C)C(=O)O)O2. The number of carbonyl (C=O) groups is 1. The van der Waals surface area contributed by atoms with Crippen molar-refractivity contribution < 1.29 is 14.6 Å². The van der Waals surface area contributed by atoms with E-state index in [0.29, 0.717) is 12.8 Å². The number of carboxylic acid groups (broad SMARTS) is 1. The van der Waals surface area contributed by atoms with Gasteiger partial charge >= 0.3 is 5.97 Å². The number of rotatable bonds is 6. The predicted molar refractivity (Wildman–Crippen MR) is 82.5 cm³/mol. The average molecular weight is 291 g/mol. The van der Waals surface area contributed by atoms with E-state index in [-0.39, 0.29) is 18.6 Å². The molecule has 0 aromatic heterocycles. The standard InChI is InChI=1S/C17H25NO3/c1-11(2)8-17(10-18,16(19)20)9-14-7-13-6-12(3)4-5-15(13)21-14/h4-6,11,14H,7-10,18H2,1-3H3,(H,19,20). The topological polar surface area (TPSA) is 72.6 Å². The molecule has 0 amide bonds. The van der Waals surface area contributed by atoms with Crippen LogP contribution < -0.4 is 10.5 Å². The van der Waals surface area contributed by atoms with E-state index in [0.717, 1.165) is 12.2 Å². The maximum absolute atomic E-state index is 11.8. The summed E-state index contributed by atoms with van der Waals surface area (Å²) in [7, 11) is 0. The molecule has 1 aliphatic rings. The van der Waals surface area contributed by atoms with Crippen molar-refractivity contribution in [3.05, 3.63) is 29.3 Å². The molecule has 4 heteroatoms. The van der Waals surface area contributed by atoms with Crippen molar-refractivity contribution in [1.82, 2.24) is 0 Å². The van der Waals surface area contributed by atoms with Crippen LogP contribution in [0.1, 0.15) is 37.8 Å². The summed E-state index contributed by atoms with van der Waals surface area (Å²) in [5.74, 6) is 0.358. The van der Waals surface area contributed by atoms with E-state index in [4.69, 9.17) is 10.5 Å². The highest BCUT2D eigenvalue weighted by Gasteiger charge is 2.42. The van der Waals surface area contributed by atoms with Gasteiger partial charge in [-0.05, 0) is 30.9 Å². The zero-order valence-electron chi connectivity index (χ0n) is 13.1. The van der Waals surface area contributed by atoms with Gasteiger partial charge in [0, 0.05) is 19.4 Å². The molecule has 116 valence electrons. The van der Waals surface area contributed by atoms with Crippen molar-refractivity contribution in [3.63, 3.8) is 0 Å². The molecule has 1 aromatic carbocycles. The molecule has 0 radical (unpaired) electrons. The Bertz CT molecular complexity index is 527. The normalized spacial score (nSPS) is 20.0. The van der Waals surface area contributed by atoms with Gasteiger partial charge in [-0.1, -0.05) is 31.5 Å². The summed E-state index contributed by atoms with van der Waals surface area (Å²) in [6, 6.07) is 6.10. The number of aliphatic carboxylic acids is 1. The molecule has 1 heterocycles. The van der Waals surface area contributed by atoms with Crippen molar-refractivity contribution in [2.75, 3.05) is 6.54 Å². The Hall–Kier alpha value is -1.55. The van der Waals surface area contributed by atoms with Crippen molar-refractivity contribution in [2.24, 2.45) is 17.1 Å². The Morgan fingerprint density at radius 3 is 2.81 bits per heavy atom. The fourth-order valence-electron chi connectivity index (χ4n) is 3.29. The van der Waals surface area contributed by atoms with Crippen molar-refractivity contribution in [2.45, 2.75) is 46.1 Å². The first kappa shape index (κ1) is 15.8. The largest absolute Gasteiger partial charge is 0.490 e. The van der Waals surface area contributed by atoms with E-state index in [1.54, 1.807) is 0 Å². The Kier molecular flexibility index (Phi) is 4.57. The van der Waals surface area contributed by atoms with E-state index in [2.05, 4.69) is 6.07 Å². The van der Waals surface area contributed by atoms with Gasteiger partial charge < -0.3 is 15.6 Å². The van der Waals surface area contributed by atoms with Gasteiger partial charge in [-0.25, -0.2) is 0 Å². The lowest BCUT2D eigenvalue weighted by atomic mass is 9.75. The number of hydrogen-bond donors (Lipinski definition) is 2. The Morgan fingerprint density at radius 2 is 2.24 bits per heavy atom. The molecule has 0 fully saturated rings. The van der Waals surface area contributed by atoms with Crippen LogP contribution in [0.5, 0.6) is 5.75 Å². The second kappa shape index (κ2) is 6.06. The van der Waals surface area contributed by atoms with Gasteiger partial charge in [-0.3, -0.25) is 4.79 Å². The van der Waals surface area contributed by atoms with Crippen LogP contribution in [0.4, 0.5) is 0 Å². The van der Waals surface area contributed by atoms with Crippen LogP contribution in [-0.2, 0) is 11.2 Å². The van der Waals surface area contributed by atoms with Crippen LogP contribution in [0.2, 0.25) is 0 Å². The summed E-state index contributed by atoms with van der Waals surface area (Å²) in [5.41, 5.74) is 7.30. The second-order valence-corrected chi connectivity index (χ2v) is 6.65. The van der Waals surface area contributed by atoms with Gasteiger partial charge in [0.1, 0.15) is 11.9 Å². The highest BCUT2D eigenvalue weighted by molar-refractivity contribution is 5.75. The molecule has 0 saturated heterocycles. The first-order chi connectivity index (χ1) is 9.86. The van der Waals surface area contributed by atoms with Gasteiger partial charge in [0.25, 0.3) is 0 Å². The molecule has 2 rings (SSSR count). The third kappa shape index (κ3) is 3.38. The average Bonchev–Trinajstić information content (AvgIpc) is 2.78. The maximum atomic E-state index is 11.8. The number of ether oxygens (including phenoxy) is 1. The fourth-order valence-corrected chi connectivity index (χ4v) is 3.29. The first-order valence-electron chi connectivity index (χ1n) is 7.56. The first-order valence-corrected chi connectivity index (χ1v) is 7.56. The zero-order chi connectivity index (χ0) is 15.6. The molecule has 3 N–H and O–H groups in total. The molecule has 2 unspecified atom stereocenters. The van der Waals surface area contributed by atoms with Crippen LogP contribution in [0.15, 0.2) is 18.2 Å². The van der Waals surface area contributed by atoms with E-state index >= 15 is 0 Å². The summed E-state index contributed by atoms with van der Waals surface area (Å²) >= 11 is 0. The lowest BCUT2D eigenvalue weighted by Gasteiger charge is -2.31. The molecule has 0 saturated carbocycles. The molecule has 0 aliphatic carbocycles. The quantitative estimate of drug-likeness (QED) is 0.845. The van der Waals surface area contributed by atoms with Crippen molar-refractivity contribution >= 4 is 5.97 Å². The number of aryl methyl sites for hydroxylation is 1. The number of fused-ring (bicyclic) bond motifs is 1. The minimum Gasteiger partial charge on any atom is -0.490 e. The third-order valence-electron chi connectivity index (χ3n) is 4.22. The van der Waals surface area contributed by atoms with E-state index < -0.39 is 11.4 Å². The molecule has 2 atom stereocenters. The van der Waals surface area contributed by atoms with Gasteiger partial charge in [0.05, 0.1) is 5.41 Å². The molecule has 0 bridgehead atoms. The highest BCUT2D eigenvalue weighted by Crippen LogP contribution is 2.38. The lowest BCUT2D eigenvalue weighted by molar-refractivity contribution is -0.151. The highest BCUT2D eigenvalue weighted by atomic mass is 16.5. The summed E-state index contributed by atoms with van der Waals surface area (Å²) in [5, 5.41) is 9.66. The fraction of sp³-hybridized carbons (Fsp3) is 0.588. The molecule has 1 aromatic rings. The van der Waals surface area contributed by atoms with Gasteiger partial charge in [0.15, 0.2) is 0 Å².